The van der Waals surface area contributed by atoms with Gasteiger partial charge in [0, 0.05) is 5.88 Å². The lowest BCUT2D eigenvalue weighted by molar-refractivity contribution is -0.344. The Morgan fingerprint density at radius 2 is 1.23 bits per heavy atom. The van der Waals surface area contributed by atoms with Gasteiger partial charge in [-0.3, -0.25) is 9.59 Å². The first-order valence-corrected chi connectivity index (χ1v) is 9.62. The van der Waals surface area contributed by atoms with E-state index >= 15 is 0 Å². The van der Waals surface area contributed by atoms with Crippen LogP contribution in [0.25, 0.3) is 0 Å². The summed E-state index contributed by atoms with van der Waals surface area (Å²) >= 11 is 5.52. The van der Waals surface area contributed by atoms with Gasteiger partial charge in [0.15, 0.2) is 6.61 Å². The second-order valence-corrected chi connectivity index (χ2v) is 6.77. The van der Waals surface area contributed by atoms with Gasteiger partial charge >= 0.3 is 36.1 Å². The van der Waals surface area contributed by atoms with Crippen molar-refractivity contribution in [3.63, 3.8) is 0 Å². The molecule has 0 aromatic heterocycles. The Hall–Kier alpha value is -1.33. The van der Waals surface area contributed by atoms with Crippen molar-refractivity contribution in [2.24, 2.45) is 0 Å². The van der Waals surface area contributed by atoms with Gasteiger partial charge in [0.05, 0.1) is 19.4 Å². The first-order valence-electron chi connectivity index (χ1n) is 9.08. The highest BCUT2D eigenvalue weighted by atomic mass is 35.5. The Balaban J connectivity index is 4.17. The molecule has 0 radical (unpaired) electrons. The van der Waals surface area contributed by atoms with Crippen LogP contribution in [0.2, 0.25) is 0 Å². The number of hydrogen-bond donors (Lipinski definition) is 0. The average Bonchev–Trinajstić information content (AvgIpc) is 2.66. The summed E-state index contributed by atoms with van der Waals surface area (Å²) in [4.78, 5) is 22.6. The summed E-state index contributed by atoms with van der Waals surface area (Å²) in [5.41, 5.74) is 0. The summed E-state index contributed by atoms with van der Waals surface area (Å²) in [7, 11) is 0. The van der Waals surface area contributed by atoms with Gasteiger partial charge in [0.2, 0.25) is 0 Å². The molecule has 0 heterocycles. The van der Waals surface area contributed by atoms with Gasteiger partial charge in [-0.05, 0) is 12.8 Å². The van der Waals surface area contributed by atoms with Crippen molar-refractivity contribution in [1.29, 1.82) is 0 Å². The molecule has 0 spiro atoms. The third kappa shape index (κ3) is 9.22. The van der Waals surface area contributed by atoms with Crippen molar-refractivity contribution in [1.82, 2.24) is 0 Å². The molecule has 0 aliphatic carbocycles. The van der Waals surface area contributed by atoms with Crippen molar-refractivity contribution < 1.29 is 54.2 Å². The largest absolute Gasteiger partial charge is 0.466 e. The molecule has 13 heteroatoms. The number of alkyl halides is 9. The van der Waals surface area contributed by atoms with Crippen molar-refractivity contribution in [3.8, 4) is 0 Å². The summed E-state index contributed by atoms with van der Waals surface area (Å²) in [6.45, 7) is -2.50. The topological polar surface area (TPSA) is 52.6 Å². The number of unbranched alkanes of at least 4 members (excludes halogenated alkanes) is 5. The van der Waals surface area contributed by atoms with Crippen molar-refractivity contribution in [2.75, 3.05) is 19.1 Å². The monoisotopic (exact) mass is 478 g/mol. The van der Waals surface area contributed by atoms with E-state index in [2.05, 4.69) is 4.74 Å². The lowest BCUT2D eigenvalue weighted by atomic mass is 10.1. The second-order valence-electron chi connectivity index (χ2n) is 6.39. The van der Waals surface area contributed by atoms with E-state index in [0.29, 0.717) is 12.3 Å². The molecule has 0 unspecified atom stereocenters. The van der Waals surface area contributed by atoms with Crippen molar-refractivity contribution in [3.05, 3.63) is 0 Å². The van der Waals surface area contributed by atoms with Gasteiger partial charge in [-0.25, -0.2) is 8.78 Å². The van der Waals surface area contributed by atoms with Crippen LogP contribution in [0.5, 0.6) is 0 Å². The minimum atomic E-state index is -6.46. The van der Waals surface area contributed by atoms with Crippen LogP contribution in [0.15, 0.2) is 0 Å². The summed E-state index contributed by atoms with van der Waals surface area (Å²) in [6, 6.07) is 0. The normalized spacial score (nSPS) is 12.9. The molecule has 0 fully saturated rings. The number of carbonyl (C=O) groups excluding carboxylic acids is 2. The highest BCUT2D eigenvalue weighted by Crippen LogP contribution is 2.48. The fourth-order valence-electron chi connectivity index (χ4n) is 2.08. The van der Waals surface area contributed by atoms with Crippen LogP contribution in [0, 0.1) is 0 Å². The molecule has 178 valence electrons. The van der Waals surface area contributed by atoms with Gasteiger partial charge in [0.25, 0.3) is 0 Å². The lowest BCUT2D eigenvalue weighted by Gasteiger charge is -2.31. The maximum Gasteiger partial charge on any atom is 0.381 e. The minimum Gasteiger partial charge on any atom is -0.466 e. The van der Waals surface area contributed by atoms with E-state index in [-0.39, 0.29) is 6.61 Å². The van der Waals surface area contributed by atoms with Crippen LogP contribution in [-0.4, -0.2) is 55.2 Å². The van der Waals surface area contributed by atoms with E-state index < -0.39 is 55.6 Å². The van der Waals surface area contributed by atoms with Crippen LogP contribution in [0.1, 0.15) is 51.4 Å². The SMILES string of the molecule is O=C(CCC(=O)OCC(F)(F)C(F)(F)C(F)(F)C(F)F)OCCCCCCCCCl. The van der Waals surface area contributed by atoms with E-state index in [1.165, 1.54) is 0 Å². The molecule has 0 aromatic rings. The van der Waals surface area contributed by atoms with E-state index in [1.807, 2.05) is 0 Å². The lowest BCUT2D eigenvalue weighted by Crippen LogP contribution is -2.59. The molecule has 0 saturated carbocycles. The highest BCUT2D eigenvalue weighted by Gasteiger charge is 2.75. The highest BCUT2D eigenvalue weighted by molar-refractivity contribution is 6.17. The molecule has 0 bridgehead atoms. The summed E-state index contributed by atoms with van der Waals surface area (Å²) in [5, 5.41) is 0. The van der Waals surface area contributed by atoms with Crippen LogP contribution >= 0.6 is 11.6 Å². The molecule has 0 amide bonds. The molecule has 30 heavy (non-hydrogen) atoms. The number of hydrogen-bond acceptors (Lipinski definition) is 4. The molecule has 0 N–H and O–H groups in total. The number of esters is 2. The number of ether oxygens (including phenoxy) is 2. The van der Waals surface area contributed by atoms with E-state index in [4.69, 9.17) is 16.3 Å². The van der Waals surface area contributed by atoms with Crippen LogP contribution < -0.4 is 0 Å². The zero-order valence-electron chi connectivity index (χ0n) is 15.9. The molecule has 0 saturated heterocycles. The Bertz CT molecular complexity index is 532. The predicted octanol–water partition coefficient (Wildman–Crippen LogP) is 5.60. The zero-order chi connectivity index (χ0) is 23.4. The second kappa shape index (κ2) is 13.2. The van der Waals surface area contributed by atoms with Gasteiger partial charge < -0.3 is 9.47 Å². The fraction of sp³-hybridized carbons (Fsp3) is 0.882. The zero-order valence-corrected chi connectivity index (χ0v) is 16.6. The Labute approximate surface area is 173 Å². The first kappa shape index (κ1) is 28.7. The standard InChI is InChI=1S/C17H23ClF8O4/c18-9-5-3-1-2-4-6-10-29-12(27)7-8-13(28)30-11-15(21,22)17(25,26)16(23,24)14(19)20/h14H,1-11H2. The summed E-state index contributed by atoms with van der Waals surface area (Å²) in [5.74, 6) is -20.4. The minimum absolute atomic E-state index is 0.0520. The molecule has 0 aliphatic rings. The molecular weight excluding hydrogens is 456 g/mol. The number of halogens is 9. The van der Waals surface area contributed by atoms with Crippen molar-refractivity contribution >= 4 is 23.5 Å². The quantitative estimate of drug-likeness (QED) is 0.125. The number of rotatable bonds is 16. The van der Waals surface area contributed by atoms with Gasteiger partial charge in [-0.2, -0.15) is 26.3 Å². The Morgan fingerprint density at radius 3 is 1.73 bits per heavy atom. The summed E-state index contributed by atoms with van der Waals surface area (Å²) in [6.07, 6.45) is -1.42. The van der Waals surface area contributed by atoms with Crippen LogP contribution in [0.4, 0.5) is 35.1 Å². The van der Waals surface area contributed by atoms with Gasteiger partial charge in [0.1, 0.15) is 0 Å². The third-order valence-corrected chi connectivity index (χ3v) is 4.16. The summed E-state index contributed by atoms with van der Waals surface area (Å²) < 4.78 is 110. The molecule has 0 aromatic carbocycles. The smallest absolute Gasteiger partial charge is 0.381 e. The first-order chi connectivity index (χ1) is 13.8. The predicted molar refractivity (Wildman–Crippen MR) is 90.4 cm³/mol. The Kier molecular flexibility index (Phi) is 12.6. The van der Waals surface area contributed by atoms with Crippen LogP contribution in [-0.2, 0) is 19.1 Å². The molecule has 0 rings (SSSR count). The molecule has 4 nitrogen and oxygen atoms in total. The van der Waals surface area contributed by atoms with Gasteiger partial charge in [-0.15, -0.1) is 11.6 Å². The van der Waals surface area contributed by atoms with Crippen molar-refractivity contribution in [2.45, 2.75) is 75.6 Å². The average molecular weight is 479 g/mol. The number of carbonyl (C=O) groups is 2. The van der Waals surface area contributed by atoms with E-state index in [9.17, 15) is 44.7 Å². The van der Waals surface area contributed by atoms with Gasteiger partial charge in [-0.1, -0.05) is 25.7 Å². The molecular formula is C17H23ClF8O4. The molecule has 0 aliphatic heterocycles. The van der Waals surface area contributed by atoms with E-state index in [1.54, 1.807) is 0 Å². The molecule has 0 atom stereocenters. The van der Waals surface area contributed by atoms with E-state index in [0.717, 1.165) is 32.1 Å². The fourth-order valence-corrected chi connectivity index (χ4v) is 2.27. The maximum atomic E-state index is 13.2. The maximum absolute atomic E-state index is 13.2. The van der Waals surface area contributed by atoms with Crippen LogP contribution in [0.3, 0.4) is 0 Å². The Morgan fingerprint density at radius 1 is 0.767 bits per heavy atom. The third-order valence-electron chi connectivity index (χ3n) is 3.89.